The summed E-state index contributed by atoms with van der Waals surface area (Å²) < 4.78 is 4.69. The average molecular weight is 324 g/mol. The molecule has 5 heteroatoms. The number of hydrogen-bond donors (Lipinski definition) is 1. The van der Waals surface area contributed by atoms with Crippen molar-refractivity contribution in [3.05, 3.63) is 71.9 Å². The number of benzene rings is 2. The summed E-state index contributed by atoms with van der Waals surface area (Å²) in [6.07, 6.45) is 1.85. The fraction of sp³-hybridized carbons (Fsp3) is 0.111. The third-order valence-electron chi connectivity index (χ3n) is 3.39. The lowest BCUT2D eigenvalue weighted by Crippen LogP contribution is -2.00. The Bertz CT molecular complexity index is 782. The molecule has 1 N–H and O–H groups in total. The summed E-state index contributed by atoms with van der Waals surface area (Å²) in [5.74, 6) is 0.464. The van der Waals surface area contributed by atoms with Crippen LogP contribution < -0.4 is 0 Å². The van der Waals surface area contributed by atoms with Crippen LogP contribution >= 0.6 is 11.8 Å². The van der Waals surface area contributed by atoms with E-state index in [-0.39, 0.29) is 5.97 Å². The zero-order valence-electron chi connectivity index (χ0n) is 12.7. The number of H-pyrrole nitrogens is 1. The number of aromatic amines is 1. The highest BCUT2D eigenvalue weighted by Crippen LogP contribution is 2.24. The number of ether oxygens (including phenoxy) is 1. The summed E-state index contributed by atoms with van der Waals surface area (Å²) >= 11 is 1.63. The number of carbonyl (C=O) groups is 1. The van der Waals surface area contributed by atoms with E-state index in [1.54, 1.807) is 23.9 Å². The van der Waals surface area contributed by atoms with Gasteiger partial charge in [0.25, 0.3) is 0 Å². The Morgan fingerprint density at radius 3 is 2.57 bits per heavy atom. The normalized spacial score (nSPS) is 10.5. The van der Waals surface area contributed by atoms with Gasteiger partial charge in [0.1, 0.15) is 0 Å². The van der Waals surface area contributed by atoms with Crippen molar-refractivity contribution in [1.29, 1.82) is 0 Å². The zero-order chi connectivity index (χ0) is 16.1. The number of methoxy groups -OCH3 is 1. The minimum atomic E-state index is -0.317. The highest BCUT2D eigenvalue weighted by molar-refractivity contribution is 7.98. The maximum absolute atomic E-state index is 11.4. The smallest absolute Gasteiger partial charge is 0.337 e. The average Bonchev–Trinajstić information content (AvgIpc) is 3.09. The molecule has 116 valence electrons. The predicted molar refractivity (Wildman–Crippen MR) is 91.4 cm³/mol. The number of aromatic nitrogens is 2. The first-order valence-electron chi connectivity index (χ1n) is 7.17. The van der Waals surface area contributed by atoms with Crippen molar-refractivity contribution in [3.8, 4) is 11.3 Å². The van der Waals surface area contributed by atoms with Crippen molar-refractivity contribution in [1.82, 2.24) is 9.97 Å². The number of rotatable bonds is 5. The second kappa shape index (κ2) is 7.15. The van der Waals surface area contributed by atoms with E-state index in [4.69, 9.17) is 4.74 Å². The van der Waals surface area contributed by atoms with Crippen molar-refractivity contribution in [3.63, 3.8) is 0 Å². The summed E-state index contributed by atoms with van der Waals surface area (Å²) in [4.78, 5) is 19.1. The van der Waals surface area contributed by atoms with Crippen molar-refractivity contribution < 1.29 is 9.53 Å². The Kier molecular flexibility index (Phi) is 4.78. The Balaban J connectivity index is 1.63. The van der Waals surface area contributed by atoms with Gasteiger partial charge in [-0.3, -0.25) is 0 Å². The molecule has 1 heterocycles. The number of thioether (sulfide) groups is 1. The first-order valence-corrected chi connectivity index (χ1v) is 8.15. The maximum atomic E-state index is 11.4. The Morgan fingerprint density at radius 1 is 1.13 bits per heavy atom. The van der Waals surface area contributed by atoms with Crippen LogP contribution in [0, 0.1) is 0 Å². The minimum Gasteiger partial charge on any atom is -0.465 e. The van der Waals surface area contributed by atoms with Crippen LogP contribution in [-0.2, 0) is 10.5 Å². The van der Waals surface area contributed by atoms with E-state index in [0.29, 0.717) is 5.56 Å². The maximum Gasteiger partial charge on any atom is 0.337 e. The van der Waals surface area contributed by atoms with E-state index >= 15 is 0 Å². The molecule has 0 aliphatic carbocycles. The molecule has 0 saturated heterocycles. The molecular weight excluding hydrogens is 308 g/mol. The molecule has 4 nitrogen and oxygen atoms in total. The van der Waals surface area contributed by atoms with Crippen LogP contribution in [-0.4, -0.2) is 23.0 Å². The first kappa shape index (κ1) is 15.4. The predicted octanol–water partition coefficient (Wildman–Crippen LogP) is 4.16. The van der Waals surface area contributed by atoms with Gasteiger partial charge >= 0.3 is 5.97 Å². The molecule has 0 fully saturated rings. The summed E-state index contributed by atoms with van der Waals surface area (Å²) in [5.41, 5.74) is 3.81. The van der Waals surface area contributed by atoms with Gasteiger partial charge in [-0.1, -0.05) is 54.2 Å². The summed E-state index contributed by atoms with van der Waals surface area (Å²) in [5, 5.41) is 0.876. The topological polar surface area (TPSA) is 55.0 Å². The lowest BCUT2D eigenvalue weighted by molar-refractivity contribution is 0.0600. The van der Waals surface area contributed by atoms with Gasteiger partial charge < -0.3 is 9.72 Å². The van der Waals surface area contributed by atoms with E-state index in [0.717, 1.165) is 27.7 Å². The minimum absolute atomic E-state index is 0.317. The molecule has 0 atom stereocenters. The van der Waals surface area contributed by atoms with Crippen LogP contribution in [0.1, 0.15) is 15.9 Å². The van der Waals surface area contributed by atoms with E-state index in [9.17, 15) is 4.79 Å². The third-order valence-corrected chi connectivity index (χ3v) is 4.35. The molecule has 0 spiro atoms. The Hall–Kier alpha value is -2.53. The number of nitrogens with one attached hydrogen (secondary N) is 1. The Labute approximate surface area is 138 Å². The fourth-order valence-electron chi connectivity index (χ4n) is 2.15. The molecule has 0 aliphatic heterocycles. The van der Waals surface area contributed by atoms with Crippen LogP contribution in [0.2, 0.25) is 0 Å². The SMILES string of the molecule is COC(=O)c1ccc(CSc2ncc(-c3ccccc3)[nH]2)cc1. The van der Waals surface area contributed by atoms with Gasteiger partial charge in [0, 0.05) is 5.75 Å². The van der Waals surface area contributed by atoms with Crippen LogP contribution in [0.5, 0.6) is 0 Å². The van der Waals surface area contributed by atoms with Crippen LogP contribution in [0.4, 0.5) is 0 Å². The van der Waals surface area contributed by atoms with Gasteiger partial charge in [-0.05, 0) is 23.3 Å². The second-order valence-electron chi connectivity index (χ2n) is 4.95. The third kappa shape index (κ3) is 3.81. The molecule has 3 rings (SSSR count). The molecule has 0 saturated carbocycles. The van der Waals surface area contributed by atoms with Crippen molar-refractivity contribution in [2.24, 2.45) is 0 Å². The first-order chi connectivity index (χ1) is 11.3. The summed E-state index contributed by atoms with van der Waals surface area (Å²) in [6, 6.07) is 17.5. The second-order valence-corrected chi connectivity index (χ2v) is 5.91. The monoisotopic (exact) mass is 324 g/mol. The standard InChI is InChI=1S/C18H16N2O2S/c1-22-17(21)15-9-7-13(8-10-15)12-23-18-19-11-16(20-18)14-5-3-2-4-6-14/h2-11H,12H2,1H3,(H,19,20). The number of esters is 1. The Morgan fingerprint density at radius 2 is 1.87 bits per heavy atom. The fourth-order valence-corrected chi connectivity index (χ4v) is 2.95. The van der Waals surface area contributed by atoms with E-state index in [1.165, 1.54) is 7.11 Å². The summed E-state index contributed by atoms with van der Waals surface area (Å²) in [6.45, 7) is 0. The molecular formula is C18H16N2O2S. The molecule has 0 unspecified atom stereocenters. The molecule has 3 aromatic rings. The van der Waals surface area contributed by atoms with E-state index < -0.39 is 0 Å². The van der Waals surface area contributed by atoms with Crippen molar-refractivity contribution in [2.45, 2.75) is 10.9 Å². The van der Waals surface area contributed by atoms with Gasteiger partial charge in [-0.2, -0.15) is 0 Å². The van der Waals surface area contributed by atoms with Crippen LogP contribution in [0.3, 0.4) is 0 Å². The van der Waals surface area contributed by atoms with Gasteiger partial charge in [0.05, 0.1) is 24.6 Å². The molecule has 0 bridgehead atoms. The lowest BCUT2D eigenvalue weighted by Gasteiger charge is -2.02. The van der Waals surface area contributed by atoms with Crippen molar-refractivity contribution in [2.75, 3.05) is 7.11 Å². The number of hydrogen-bond acceptors (Lipinski definition) is 4. The van der Waals surface area contributed by atoms with Gasteiger partial charge in [0.2, 0.25) is 0 Å². The largest absolute Gasteiger partial charge is 0.465 e. The highest BCUT2D eigenvalue weighted by atomic mass is 32.2. The molecule has 1 aromatic heterocycles. The van der Waals surface area contributed by atoms with Crippen molar-refractivity contribution >= 4 is 17.7 Å². The molecule has 0 radical (unpaired) electrons. The quantitative estimate of drug-likeness (QED) is 0.566. The van der Waals surface area contributed by atoms with E-state index in [2.05, 4.69) is 9.97 Å². The number of nitrogens with zero attached hydrogens (tertiary/aromatic N) is 1. The molecule has 0 aliphatic rings. The van der Waals surface area contributed by atoms with Gasteiger partial charge in [-0.15, -0.1) is 0 Å². The van der Waals surface area contributed by atoms with Crippen LogP contribution in [0.15, 0.2) is 66.0 Å². The summed E-state index contributed by atoms with van der Waals surface area (Å²) in [7, 11) is 1.38. The number of imidazole rings is 1. The molecule has 23 heavy (non-hydrogen) atoms. The molecule has 2 aromatic carbocycles. The highest BCUT2D eigenvalue weighted by Gasteiger charge is 2.06. The lowest BCUT2D eigenvalue weighted by atomic mass is 10.1. The van der Waals surface area contributed by atoms with Gasteiger partial charge in [0.15, 0.2) is 5.16 Å². The zero-order valence-corrected chi connectivity index (χ0v) is 13.5. The van der Waals surface area contributed by atoms with Crippen LogP contribution in [0.25, 0.3) is 11.3 Å². The van der Waals surface area contributed by atoms with E-state index in [1.807, 2.05) is 48.7 Å². The number of carbonyl (C=O) groups excluding carboxylic acids is 1. The molecule has 0 amide bonds. The van der Waals surface area contributed by atoms with Gasteiger partial charge in [-0.25, -0.2) is 9.78 Å².